The minimum Gasteiger partial charge on any atom is -0.497 e. The number of hydrogen-bond donors (Lipinski definition) is 3. The number of carboxylic acid groups (broad SMARTS) is 1. The van der Waals surface area contributed by atoms with E-state index in [9.17, 15) is 31.2 Å². The SMILES string of the molecule is COc1ccc2ccc(S(=O)(=O)N(C(Cc3ccc(C)cc3)C(N)=O)[C@H]3CCN(Cc4cccc(C=NN)c4)C3=O)cc2c1.O=C(O)C(F)(F)F. The summed E-state index contributed by atoms with van der Waals surface area (Å²) >= 11 is 0. The van der Waals surface area contributed by atoms with Crippen molar-refractivity contribution < 1.29 is 45.8 Å². The average molecular weight is 728 g/mol. The molecule has 1 unspecified atom stereocenters. The van der Waals surface area contributed by atoms with Crippen molar-refractivity contribution >= 4 is 44.8 Å². The number of rotatable bonds is 11. The molecule has 1 aliphatic heterocycles. The Kier molecular flexibility index (Phi) is 12.0. The Morgan fingerprint density at radius 1 is 1.04 bits per heavy atom. The number of likely N-dealkylation sites (tertiary alicyclic amines) is 1. The second-order valence-corrected chi connectivity index (χ2v) is 13.6. The molecule has 1 saturated heterocycles. The van der Waals surface area contributed by atoms with E-state index in [1.54, 1.807) is 23.1 Å². The molecule has 0 radical (unpaired) electrons. The molecule has 2 atom stereocenters. The molecule has 0 bridgehead atoms. The summed E-state index contributed by atoms with van der Waals surface area (Å²) in [5, 5.41) is 12.1. The third-order valence-corrected chi connectivity index (χ3v) is 10.1. The van der Waals surface area contributed by atoms with Crippen LogP contribution in [-0.4, -0.2) is 78.6 Å². The van der Waals surface area contributed by atoms with E-state index < -0.39 is 46.1 Å². The van der Waals surface area contributed by atoms with Crippen LogP contribution in [-0.2, 0) is 37.4 Å². The van der Waals surface area contributed by atoms with Gasteiger partial charge in [0.25, 0.3) is 0 Å². The van der Waals surface area contributed by atoms with Crippen molar-refractivity contribution in [3.8, 4) is 5.75 Å². The van der Waals surface area contributed by atoms with Crippen molar-refractivity contribution in [2.75, 3.05) is 13.7 Å². The van der Waals surface area contributed by atoms with Gasteiger partial charge in [0.2, 0.25) is 21.8 Å². The first kappa shape index (κ1) is 38.3. The highest BCUT2D eigenvalue weighted by molar-refractivity contribution is 7.89. The number of aliphatic carboxylic acids is 1. The van der Waals surface area contributed by atoms with E-state index in [1.165, 1.54) is 25.5 Å². The molecule has 1 aliphatic rings. The lowest BCUT2D eigenvalue weighted by molar-refractivity contribution is -0.192. The number of aryl methyl sites for hydroxylation is 1. The second kappa shape index (κ2) is 16.0. The largest absolute Gasteiger partial charge is 0.497 e. The number of sulfonamides is 1. The Bertz CT molecular complexity index is 2040. The maximum atomic E-state index is 14.5. The van der Waals surface area contributed by atoms with Crippen LogP contribution in [0.5, 0.6) is 5.75 Å². The van der Waals surface area contributed by atoms with Crippen LogP contribution in [0.1, 0.15) is 28.7 Å². The summed E-state index contributed by atoms with van der Waals surface area (Å²) < 4.78 is 67.2. The molecule has 16 heteroatoms. The molecule has 5 rings (SSSR count). The zero-order chi connectivity index (χ0) is 37.5. The molecule has 1 heterocycles. The summed E-state index contributed by atoms with van der Waals surface area (Å²) in [5.74, 6) is 1.87. The van der Waals surface area contributed by atoms with Crippen LogP contribution in [0.15, 0.2) is 94.9 Å². The number of alkyl halides is 3. The first-order valence-corrected chi connectivity index (χ1v) is 16.9. The lowest BCUT2D eigenvalue weighted by Crippen LogP contribution is -2.55. The van der Waals surface area contributed by atoms with Crippen molar-refractivity contribution in [3.05, 3.63) is 107 Å². The molecular weight excluding hydrogens is 691 g/mol. The maximum absolute atomic E-state index is 14.5. The molecule has 1 fully saturated rings. The molecule has 51 heavy (non-hydrogen) atoms. The third-order valence-electron chi connectivity index (χ3n) is 8.15. The second-order valence-electron chi connectivity index (χ2n) is 11.7. The van der Waals surface area contributed by atoms with Crippen LogP contribution in [0.4, 0.5) is 13.2 Å². The third kappa shape index (κ3) is 9.40. The van der Waals surface area contributed by atoms with Crippen LogP contribution in [0.25, 0.3) is 10.8 Å². The number of benzene rings is 4. The topological polar surface area (TPSA) is 186 Å². The zero-order valence-electron chi connectivity index (χ0n) is 27.6. The summed E-state index contributed by atoms with van der Waals surface area (Å²) in [4.78, 5) is 37.5. The van der Waals surface area contributed by atoms with Crippen LogP contribution >= 0.6 is 0 Å². The molecule has 12 nitrogen and oxygen atoms in total. The molecule has 0 saturated carbocycles. The van der Waals surface area contributed by atoms with Gasteiger partial charge in [-0.1, -0.05) is 60.2 Å². The minimum atomic E-state index is -5.08. The number of halogens is 3. The Morgan fingerprint density at radius 3 is 2.31 bits per heavy atom. The van der Waals surface area contributed by atoms with E-state index in [0.29, 0.717) is 17.7 Å². The number of primary amides is 1. The van der Waals surface area contributed by atoms with Gasteiger partial charge in [0.15, 0.2) is 0 Å². The summed E-state index contributed by atoms with van der Waals surface area (Å²) in [6.07, 6.45) is -3.37. The number of ether oxygens (including phenoxy) is 1. The predicted molar refractivity (Wildman–Crippen MR) is 183 cm³/mol. The number of carbonyl (C=O) groups is 3. The normalized spacial score (nSPS) is 15.5. The van der Waals surface area contributed by atoms with Gasteiger partial charge in [-0.05, 0) is 77.6 Å². The standard InChI is InChI=1S/C33H35N5O5S.C2HF3O2/c1-22-6-8-23(9-7-22)17-31(32(34)39)38(44(41,42)29-13-11-26-10-12-28(43-2)18-27(26)19-29)30-14-15-37(33(30)40)21-25-5-3-4-24(16-25)20-36-35;3-2(4,5)1(6)7/h3-13,16,18-20,30-31H,14-15,17,21,35H2,1-2H3,(H2,34,39);(H,6,7)/t30-,31?;/m0./s1. The highest BCUT2D eigenvalue weighted by Gasteiger charge is 2.47. The van der Waals surface area contributed by atoms with E-state index in [0.717, 1.165) is 31.9 Å². The summed E-state index contributed by atoms with van der Waals surface area (Å²) in [6, 6.07) is 22.5. The van der Waals surface area contributed by atoms with Crippen molar-refractivity contribution in [3.63, 3.8) is 0 Å². The smallest absolute Gasteiger partial charge is 0.490 e. The maximum Gasteiger partial charge on any atom is 0.490 e. The lowest BCUT2D eigenvalue weighted by Gasteiger charge is -2.33. The summed E-state index contributed by atoms with van der Waals surface area (Å²) in [6.45, 7) is 2.49. The van der Waals surface area contributed by atoms with Crippen molar-refractivity contribution in [1.82, 2.24) is 9.21 Å². The Hall–Kier alpha value is -5.48. The summed E-state index contributed by atoms with van der Waals surface area (Å²) in [7, 11) is -2.87. The molecule has 0 aliphatic carbocycles. The molecular formula is C35H36F3N5O7S. The number of methoxy groups -OCH3 is 1. The van der Waals surface area contributed by atoms with E-state index in [1.807, 2.05) is 61.5 Å². The molecule has 270 valence electrons. The molecule has 2 amide bonds. The van der Waals surface area contributed by atoms with Crippen LogP contribution < -0.4 is 16.3 Å². The fourth-order valence-electron chi connectivity index (χ4n) is 5.62. The van der Waals surface area contributed by atoms with Gasteiger partial charge in [0.05, 0.1) is 18.2 Å². The van der Waals surface area contributed by atoms with Gasteiger partial charge in [0.1, 0.15) is 17.8 Å². The van der Waals surface area contributed by atoms with Crippen molar-refractivity contribution in [1.29, 1.82) is 0 Å². The zero-order valence-corrected chi connectivity index (χ0v) is 28.4. The highest BCUT2D eigenvalue weighted by Crippen LogP contribution is 2.32. The number of carboxylic acids is 1. The Morgan fingerprint density at radius 2 is 1.71 bits per heavy atom. The lowest BCUT2D eigenvalue weighted by atomic mass is 10.0. The molecule has 5 N–H and O–H groups in total. The van der Waals surface area contributed by atoms with Gasteiger partial charge >= 0.3 is 12.1 Å². The fourth-order valence-corrected chi connectivity index (χ4v) is 7.42. The average Bonchev–Trinajstić information content (AvgIpc) is 3.43. The number of carbonyl (C=O) groups excluding carboxylic acids is 2. The summed E-state index contributed by atoms with van der Waals surface area (Å²) in [5.41, 5.74) is 9.28. The molecule has 4 aromatic carbocycles. The number of amides is 2. The van der Waals surface area contributed by atoms with Gasteiger partial charge < -0.3 is 26.3 Å². The van der Waals surface area contributed by atoms with Crippen LogP contribution in [0, 0.1) is 6.92 Å². The highest BCUT2D eigenvalue weighted by atomic mass is 32.2. The number of hydrogen-bond acceptors (Lipinski definition) is 8. The van der Waals surface area contributed by atoms with Crippen LogP contribution in [0.3, 0.4) is 0 Å². The van der Waals surface area contributed by atoms with E-state index in [2.05, 4.69) is 5.10 Å². The van der Waals surface area contributed by atoms with Crippen LogP contribution in [0.2, 0.25) is 0 Å². The Balaban J connectivity index is 0.000000755. The van der Waals surface area contributed by atoms with Crippen molar-refractivity contribution in [2.24, 2.45) is 16.7 Å². The predicted octanol–water partition coefficient (Wildman–Crippen LogP) is 3.97. The van der Waals surface area contributed by atoms with E-state index in [4.69, 9.17) is 26.2 Å². The minimum absolute atomic E-state index is 0.0144. The Labute approximate surface area is 292 Å². The van der Waals surface area contributed by atoms with Crippen molar-refractivity contribution in [2.45, 2.75) is 49.5 Å². The van der Waals surface area contributed by atoms with Gasteiger partial charge in [-0.25, -0.2) is 13.2 Å². The van der Waals surface area contributed by atoms with E-state index >= 15 is 0 Å². The van der Waals surface area contributed by atoms with E-state index in [-0.39, 0.29) is 24.3 Å². The van der Waals surface area contributed by atoms with Gasteiger partial charge in [-0.15, -0.1) is 0 Å². The molecule has 0 aromatic heterocycles. The molecule has 0 spiro atoms. The monoisotopic (exact) mass is 727 g/mol. The first-order chi connectivity index (χ1) is 24.0. The first-order valence-electron chi connectivity index (χ1n) is 15.4. The quantitative estimate of drug-likeness (QED) is 0.118. The number of nitrogens with zero attached hydrogens (tertiary/aromatic N) is 3. The molecule has 4 aromatic rings. The fraction of sp³-hybridized carbons (Fsp3) is 0.257. The number of hydrazone groups is 1. The van der Waals surface area contributed by atoms with Gasteiger partial charge in [-0.3, -0.25) is 9.59 Å². The van der Waals surface area contributed by atoms with Gasteiger partial charge in [0, 0.05) is 13.1 Å². The van der Waals surface area contributed by atoms with Gasteiger partial charge in [-0.2, -0.15) is 22.6 Å². The number of fused-ring (bicyclic) bond motifs is 1. The number of nitrogens with two attached hydrogens (primary N) is 2.